The molecule has 1 aromatic carbocycles. The predicted molar refractivity (Wildman–Crippen MR) is 45.0 cm³/mol. The molecule has 3 nitrogen and oxygen atoms in total. The second-order valence-corrected chi connectivity index (χ2v) is 1.91. The first-order valence-electron chi connectivity index (χ1n) is 2.98. The molecule has 68 valence electrons. The Labute approximate surface area is 75.6 Å². The van der Waals surface area contributed by atoms with Gasteiger partial charge in [0.15, 0.2) is 11.6 Å². The van der Waals surface area contributed by atoms with E-state index in [0.717, 1.165) is 0 Å². The Morgan fingerprint density at radius 1 is 1.42 bits per heavy atom. The fraction of sp³-hybridized carbons (Fsp3) is 0.143. The lowest BCUT2D eigenvalue weighted by molar-refractivity contribution is 0.313. The van der Waals surface area contributed by atoms with Gasteiger partial charge in [0.2, 0.25) is 0 Å². The summed E-state index contributed by atoms with van der Waals surface area (Å²) in [6.07, 6.45) is 0. The number of nitrogens with two attached hydrogens (primary N) is 1. The van der Waals surface area contributed by atoms with Crippen molar-refractivity contribution >= 4 is 12.4 Å². The Kier molecular flexibility index (Phi) is 4.39. The number of hydrogen-bond donors (Lipinski definition) is 1. The molecule has 0 spiro atoms. The van der Waals surface area contributed by atoms with E-state index in [1.165, 1.54) is 19.2 Å². The second kappa shape index (κ2) is 4.79. The smallest absolute Gasteiger partial charge is 0.182 e. The largest absolute Gasteiger partial charge is 0.497 e. The van der Waals surface area contributed by atoms with Crippen LogP contribution in [0.1, 0.15) is 0 Å². The van der Waals surface area contributed by atoms with E-state index in [0.29, 0.717) is 5.75 Å². The molecule has 0 aromatic heterocycles. The SMILES string of the molecule is COc1ccc(ON)c(F)c1.Cl. The first kappa shape index (κ1) is 11.0. The number of halogens is 2. The molecule has 0 radical (unpaired) electrons. The van der Waals surface area contributed by atoms with E-state index in [4.69, 9.17) is 10.6 Å². The maximum atomic E-state index is 12.8. The van der Waals surface area contributed by atoms with E-state index in [2.05, 4.69) is 4.84 Å². The maximum Gasteiger partial charge on any atom is 0.182 e. The summed E-state index contributed by atoms with van der Waals surface area (Å²) in [6.45, 7) is 0. The molecular formula is C7H9ClFNO2. The van der Waals surface area contributed by atoms with Crippen molar-refractivity contribution in [1.82, 2.24) is 0 Å². The molecule has 0 heterocycles. The summed E-state index contributed by atoms with van der Waals surface area (Å²) in [5, 5.41) is 0. The lowest BCUT2D eigenvalue weighted by atomic mass is 10.3. The minimum Gasteiger partial charge on any atom is -0.497 e. The highest BCUT2D eigenvalue weighted by Gasteiger charge is 2.02. The lowest BCUT2D eigenvalue weighted by Crippen LogP contribution is -2.03. The van der Waals surface area contributed by atoms with Crippen LogP contribution in [0, 0.1) is 5.82 Å². The molecule has 1 aromatic rings. The maximum absolute atomic E-state index is 12.8. The summed E-state index contributed by atoms with van der Waals surface area (Å²) in [5.74, 6) is 4.67. The van der Waals surface area contributed by atoms with Crippen LogP contribution in [0.15, 0.2) is 18.2 Å². The molecule has 0 unspecified atom stereocenters. The molecule has 0 bridgehead atoms. The molecular weight excluding hydrogens is 185 g/mol. The number of methoxy groups -OCH3 is 1. The summed E-state index contributed by atoms with van der Waals surface area (Å²) in [5.41, 5.74) is 0. The van der Waals surface area contributed by atoms with Crippen molar-refractivity contribution in [3.05, 3.63) is 24.0 Å². The Morgan fingerprint density at radius 2 is 2.08 bits per heavy atom. The van der Waals surface area contributed by atoms with E-state index < -0.39 is 5.82 Å². The third-order valence-electron chi connectivity index (χ3n) is 1.27. The van der Waals surface area contributed by atoms with Crippen LogP contribution < -0.4 is 15.5 Å². The van der Waals surface area contributed by atoms with Gasteiger partial charge in [-0.15, -0.1) is 12.4 Å². The van der Waals surface area contributed by atoms with Crippen molar-refractivity contribution in [3.63, 3.8) is 0 Å². The third kappa shape index (κ3) is 2.25. The van der Waals surface area contributed by atoms with Crippen molar-refractivity contribution in [1.29, 1.82) is 0 Å². The molecule has 0 aliphatic carbocycles. The summed E-state index contributed by atoms with van der Waals surface area (Å²) in [4.78, 5) is 4.21. The summed E-state index contributed by atoms with van der Waals surface area (Å²) in [6, 6.07) is 4.15. The van der Waals surface area contributed by atoms with Crippen LogP contribution in [0.2, 0.25) is 0 Å². The van der Waals surface area contributed by atoms with Gasteiger partial charge in [-0.2, -0.15) is 5.90 Å². The van der Waals surface area contributed by atoms with Gasteiger partial charge >= 0.3 is 0 Å². The molecule has 0 saturated carbocycles. The van der Waals surface area contributed by atoms with Crippen molar-refractivity contribution in [2.75, 3.05) is 7.11 Å². The van der Waals surface area contributed by atoms with Crippen LogP contribution in [-0.2, 0) is 0 Å². The van der Waals surface area contributed by atoms with Gasteiger partial charge in [-0.1, -0.05) is 0 Å². The van der Waals surface area contributed by atoms with E-state index in [1.807, 2.05) is 0 Å². The molecule has 12 heavy (non-hydrogen) atoms. The Balaban J connectivity index is 0.00000121. The number of benzene rings is 1. The summed E-state index contributed by atoms with van der Waals surface area (Å²) < 4.78 is 17.5. The van der Waals surface area contributed by atoms with E-state index in [-0.39, 0.29) is 18.2 Å². The average Bonchev–Trinajstić information content (AvgIpc) is 2.04. The average molecular weight is 194 g/mol. The van der Waals surface area contributed by atoms with Crippen LogP contribution in [0.25, 0.3) is 0 Å². The second-order valence-electron chi connectivity index (χ2n) is 1.91. The van der Waals surface area contributed by atoms with Crippen molar-refractivity contribution in [2.24, 2.45) is 5.90 Å². The highest BCUT2D eigenvalue weighted by Crippen LogP contribution is 2.20. The lowest BCUT2D eigenvalue weighted by Gasteiger charge is -2.02. The minimum absolute atomic E-state index is 0. The van der Waals surface area contributed by atoms with Gasteiger partial charge in [-0.25, -0.2) is 4.39 Å². The molecule has 0 aliphatic rings. The highest BCUT2D eigenvalue weighted by atomic mass is 35.5. The quantitative estimate of drug-likeness (QED) is 0.725. The Morgan fingerprint density at radius 3 is 2.50 bits per heavy atom. The predicted octanol–water partition coefficient (Wildman–Crippen LogP) is 1.51. The number of ether oxygens (including phenoxy) is 1. The first-order valence-corrected chi connectivity index (χ1v) is 2.98. The van der Waals surface area contributed by atoms with Gasteiger partial charge in [0.05, 0.1) is 7.11 Å². The first-order chi connectivity index (χ1) is 5.27. The van der Waals surface area contributed by atoms with Crippen LogP contribution >= 0.6 is 12.4 Å². The monoisotopic (exact) mass is 193 g/mol. The van der Waals surface area contributed by atoms with Gasteiger partial charge in [-0.05, 0) is 12.1 Å². The fourth-order valence-electron chi connectivity index (χ4n) is 0.704. The van der Waals surface area contributed by atoms with Crippen LogP contribution in [0.3, 0.4) is 0 Å². The molecule has 0 saturated heterocycles. The summed E-state index contributed by atoms with van der Waals surface area (Å²) >= 11 is 0. The zero-order valence-corrected chi connectivity index (χ0v) is 7.23. The zero-order valence-electron chi connectivity index (χ0n) is 6.41. The van der Waals surface area contributed by atoms with Gasteiger partial charge in [0, 0.05) is 6.07 Å². The van der Waals surface area contributed by atoms with Crippen LogP contribution in [0.4, 0.5) is 4.39 Å². The molecule has 0 amide bonds. The number of rotatable bonds is 2. The topological polar surface area (TPSA) is 44.5 Å². The fourth-order valence-corrected chi connectivity index (χ4v) is 0.704. The van der Waals surface area contributed by atoms with Crippen molar-refractivity contribution in [2.45, 2.75) is 0 Å². The van der Waals surface area contributed by atoms with E-state index in [1.54, 1.807) is 6.07 Å². The molecule has 1 rings (SSSR count). The highest BCUT2D eigenvalue weighted by molar-refractivity contribution is 5.85. The molecule has 5 heteroatoms. The van der Waals surface area contributed by atoms with Crippen molar-refractivity contribution in [3.8, 4) is 11.5 Å². The Hall–Kier alpha value is -1.00. The Bertz CT molecular complexity index is 257. The van der Waals surface area contributed by atoms with Crippen LogP contribution in [0.5, 0.6) is 11.5 Å². The van der Waals surface area contributed by atoms with Crippen LogP contribution in [-0.4, -0.2) is 7.11 Å². The molecule has 2 N–H and O–H groups in total. The van der Waals surface area contributed by atoms with Gasteiger partial charge in [-0.3, -0.25) is 0 Å². The molecule has 0 fully saturated rings. The van der Waals surface area contributed by atoms with Gasteiger partial charge < -0.3 is 9.57 Å². The van der Waals surface area contributed by atoms with E-state index >= 15 is 0 Å². The van der Waals surface area contributed by atoms with Gasteiger partial charge in [0.1, 0.15) is 5.75 Å². The van der Waals surface area contributed by atoms with Gasteiger partial charge in [0.25, 0.3) is 0 Å². The zero-order chi connectivity index (χ0) is 8.27. The van der Waals surface area contributed by atoms with Crippen molar-refractivity contribution < 1.29 is 14.0 Å². The molecule has 0 atom stereocenters. The summed E-state index contributed by atoms with van der Waals surface area (Å²) in [7, 11) is 1.46. The minimum atomic E-state index is -0.535. The third-order valence-corrected chi connectivity index (χ3v) is 1.27. The van der Waals surface area contributed by atoms with E-state index in [9.17, 15) is 4.39 Å². The normalized spacial score (nSPS) is 8.58. The molecule has 0 aliphatic heterocycles. The number of hydrogen-bond acceptors (Lipinski definition) is 3. The standard InChI is InChI=1S/C7H8FNO2.ClH/c1-10-5-2-3-7(11-9)6(8)4-5;/h2-4H,9H2,1H3;1H.